The monoisotopic (exact) mass is 475 g/mol. The molecule has 0 saturated carbocycles. The summed E-state index contributed by atoms with van der Waals surface area (Å²) in [5.74, 6) is 1.21. The van der Waals surface area contributed by atoms with Gasteiger partial charge in [0.05, 0.1) is 11.3 Å². The molecule has 0 spiro atoms. The predicted octanol–water partition coefficient (Wildman–Crippen LogP) is 4.70. The number of fused-ring (bicyclic) bond motifs is 1. The van der Waals surface area contributed by atoms with Crippen molar-refractivity contribution in [2.75, 3.05) is 11.1 Å². The average molecular weight is 476 g/mol. The summed E-state index contributed by atoms with van der Waals surface area (Å²) in [4.78, 5) is 29.4. The number of aryl methyl sites for hydroxylation is 1. The zero-order valence-corrected chi connectivity index (χ0v) is 20.5. The highest BCUT2D eigenvalue weighted by Crippen LogP contribution is 2.38. The van der Waals surface area contributed by atoms with Crippen molar-refractivity contribution in [3.8, 4) is 11.8 Å². The second-order valence-corrected chi connectivity index (χ2v) is 10.8. The van der Waals surface area contributed by atoms with Crippen molar-refractivity contribution in [3.63, 3.8) is 0 Å². The molecule has 1 amide bonds. The molecule has 4 rings (SSSR count). The van der Waals surface area contributed by atoms with Gasteiger partial charge in [-0.2, -0.15) is 5.26 Å². The Morgan fingerprint density at radius 3 is 2.76 bits per heavy atom. The smallest absolute Gasteiger partial charge is 0.273 e. The standard InChI is InChI=1S/C26H29N5O2S/c1-26(2,3)19-9-10-21-17(14-19)13-18(16-27)25(28-21)34-12-11-23(32)29-22-15-24(33)31(30-22)20-7-5-4-6-8-20/h4-8,13,15,19,30H,9-12,14H2,1-3H3,(H,29,32). The van der Waals surface area contributed by atoms with Gasteiger partial charge in [-0.3, -0.25) is 14.7 Å². The Bertz CT molecular complexity index is 1280. The average Bonchev–Trinajstić information content (AvgIpc) is 3.17. The summed E-state index contributed by atoms with van der Waals surface area (Å²) in [5, 5.41) is 16.0. The lowest BCUT2D eigenvalue weighted by molar-refractivity contribution is -0.115. The molecule has 0 saturated heterocycles. The molecule has 176 valence electrons. The number of nitrogens with zero attached hydrogens (tertiary/aromatic N) is 3. The number of carbonyl (C=O) groups excluding carboxylic acids is 1. The van der Waals surface area contributed by atoms with Gasteiger partial charge in [0.1, 0.15) is 16.9 Å². The number of thioether (sulfide) groups is 1. The number of hydrogen-bond donors (Lipinski definition) is 2. The largest absolute Gasteiger partial charge is 0.311 e. The van der Waals surface area contributed by atoms with Crippen LogP contribution in [-0.2, 0) is 17.6 Å². The lowest BCUT2D eigenvalue weighted by Gasteiger charge is -2.34. The van der Waals surface area contributed by atoms with Crippen molar-refractivity contribution >= 4 is 23.5 Å². The summed E-state index contributed by atoms with van der Waals surface area (Å²) in [6.07, 6.45) is 3.21. The van der Waals surface area contributed by atoms with E-state index in [-0.39, 0.29) is 23.3 Å². The third-order valence-electron chi connectivity index (χ3n) is 6.27. The van der Waals surface area contributed by atoms with Crippen molar-refractivity contribution in [1.29, 1.82) is 5.26 Å². The number of aromatic amines is 1. The summed E-state index contributed by atoms with van der Waals surface area (Å²) in [5.41, 5.74) is 3.50. The van der Waals surface area contributed by atoms with Gasteiger partial charge >= 0.3 is 0 Å². The van der Waals surface area contributed by atoms with Crippen LogP contribution in [0.2, 0.25) is 0 Å². The minimum Gasteiger partial charge on any atom is -0.311 e. The van der Waals surface area contributed by atoms with E-state index in [1.54, 1.807) is 0 Å². The van der Waals surface area contributed by atoms with Crippen molar-refractivity contribution in [3.05, 3.63) is 69.6 Å². The van der Waals surface area contributed by atoms with Gasteiger partial charge in [0, 0.05) is 23.9 Å². The zero-order valence-electron chi connectivity index (χ0n) is 19.7. The van der Waals surface area contributed by atoms with Crippen LogP contribution in [0.3, 0.4) is 0 Å². The van der Waals surface area contributed by atoms with E-state index >= 15 is 0 Å². The van der Waals surface area contributed by atoms with Crippen molar-refractivity contribution < 1.29 is 4.79 Å². The molecule has 2 N–H and O–H groups in total. The minimum atomic E-state index is -0.249. The lowest BCUT2D eigenvalue weighted by atomic mass is 9.71. The Hall–Kier alpha value is -3.31. The molecule has 1 atom stereocenters. The van der Waals surface area contributed by atoms with Gasteiger partial charge in [0.25, 0.3) is 5.56 Å². The van der Waals surface area contributed by atoms with Gasteiger partial charge in [0.15, 0.2) is 0 Å². The fourth-order valence-electron chi connectivity index (χ4n) is 4.26. The number of amides is 1. The van der Waals surface area contributed by atoms with E-state index in [1.807, 2.05) is 36.4 Å². The van der Waals surface area contributed by atoms with Crippen LogP contribution in [0.4, 0.5) is 5.82 Å². The maximum atomic E-state index is 12.4. The van der Waals surface area contributed by atoms with E-state index in [0.29, 0.717) is 33.8 Å². The molecular weight excluding hydrogens is 446 g/mol. The number of aromatic nitrogens is 3. The highest BCUT2D eigenvalue weighted by molar-refractivity contribution is 7.99. The van der Waals surface area contributed by atoms with Crippen LogP contribution in [0.5, 0.6) is 0 Å². The number of anilines is 1. The molecule has 1 aromatic carbocycles. The molecule has 0 bridgehead atoms. The number of pyridine rings is 1. The lowest BCUT2D eigenvalue weighted by Crippen LogP contribution is -2.27. The summed E-state index contributed by atoms with van der Waals surface area (Å²) >= 11 is 1.42. The third kappa shape index (κ3) is 5.42. The maximum absolute atomic E-state index is 12.4. The van der Waals surface area contributed by atoms with E-state index in [1.165, 1.54) is 28.1 Å². The first-order valence-electron chi connectivity index (χ1n) is 11.5. The third-order valence-corrected chi connectivity index (χ3v) is 7.27. The molecule has 8 heteroatoms. The van der Waals surface area contributed by atoms with Gasteiger partial charge in [0.2, 0.25) is 5.91 Å². The Morgan fingerprint density at radius 1 is 1.29 bits per heavy atom. The van der Waals surface area contributed by atoms with Crippen molar-refractivity contribution in [1.82, 2.24) is 14.8 Å². The number of rotatable bonds is 6. The fraction of sp³-hybridized carbons (Fsp3) is 0.385. The van der Waals surface area contributed by atoms with Crippen molar-refractivity contribution in [2.24, 2.45) is 11.3 Å². The molecule has 2 heterocycles. The Kier molecular flexibility index (Phi) is 6.94. The van der Waals surface area contributed by atoms with Crippen LogP contribution in [-0.4, -0.2) is 26.4 Å². The molecule has 1 unspecified atom stereocenters. The first-order chi connectivity index (χ1) is 16.2. The minimum absolute atomic E-state index is 0.210. The number of nitriles is 1. The van der Waals surface area contributed by atoms with Crippen molar-refractivity contribution in [2.45, 2.75) is 51.5 Å². The summed E-state index contributed by atoms with van der Waals surface area (Å²) in [6, 6.07) is 14.8. The molecule has 0 fully saturated rings. The van der Waals surface area contributed by atoms with Crippen LogP contribution < -0.4 is 10.9 Å². The zero-order chi connectivity index (χ0) is 24.3. The number of hydrogen-bond acceptors (Lipinski definition) is 5. The first-order valence-corrected chi connectivity index (χ1v) is 12.5. The van der Waals surface area contributed by atoms with Gasteiger partial charge < -0.3 is 5.32 Å². The van der Waals surface area contributed by atoms with Crippen LogP contribution in [0.15, 0.2) is 52.3 Å². The van der Waals surface area contributed by atoms with E-state index in [4.69, 9.17) is 4.98 Å². The topological polar surface area (TPSA) is 104 Å². The highest BCUT2D eigenvalue weighted by Gasteiger charge is 2.30. The highest BCUT2D eigenvalue weighted by atomic mass is 32.2. The number of para-hydroxylation sites is 1. The molecule has 1 aliphatic carbocycles. The Morgan fingerprint density at radius 2 is 2.06 bits per heavy atom. The summed E-state index contributed by atoms with van der Waals surface area (Å²) in [7, 11) is 0. The molecule has 3 aromatic rings. The van der Waals surface area contributed by atoms with Gasteiger partial charge in [-0.1, -0.05) is 39.0 Å². The van der Waals surface area contributed by atoms with E-state index in [2.05, 4.69) is 37.3 Å². The number of nitrogens with one attached hydrogen (secondary N) is 2. The molecular formula is C26H29N5O2S. The SMILES string of the molecule is CC(C)(C)C1CCc2nc(SCCC(=O)Nc3cc(=O)n(-c4ccccc4)[nH]3)c(C#N)cc2C1. The molecule has 34 heavy (non-hydrogen) atoms. The number of benzene rings is 1. The van der Waals surface area contributed by atoms with Crippen LogP contribution >= 0.6 is 11.8 Å². The van der Waals surface area contributed by atoms with Crippen LogP contribution in [0.1, 0.15) is 50.4 Å². The van der Waals surface area contributed by atoms with Gasteiger partial charge in [-0.15, -0.1) is 11.8 Å². The van der Waals surface area contributed by atoms with Gasteiger partial charge in [-0.25, -0.2) is 9.67 Å². The summed E-state index contributed by atoms with van der Waals surface area (Å²) in [6.45, 7) is 6.80. The Balaban J connectivity index is 1.36. The molecule has 1 aliphatic rings. The van der Waals surface area contributed by atoms with Gasteiger partial charge in [-0.05, 0) is 54.4 Å². The first kappa shape index (κ1) is 23.8. The molecule has 7 nitrogen and oxygen atoms in total. The second-order valence-electron chi connectivity index (χ2n) is 9.69. The van der Waals surface area contributed by atoms with E-state index < -0.39 is 0 Å². The van der Waals surface area contributed by atoms with E-state index in [0.717, 1.165) is 25.0 Å². The van der Waals surface area contributed by atoms with E-state index in [9.17, 15) is 14.9 Å². The second kappa shape index (κ2) is 9.90. The fourth-order valence-corrected chi connectivity index (χ4v) is 5.17. The normalized spacial score (nSPS) is 15.4. The number of carbonyl (C=O) groups is 1. The number of H-pyrrole nitrogens is 1. The Labute approximate surface area is 203 Å². The molecule has 0 aliphatic heterocycles. The quantitative estimate of drug-likeness (QED) is 0.503. The maximum Gasteiger partial charge on any atom is 0.273 e. The molecule has 0 radical (unpaired) electrons. The summed E-state index contributed by atoms with van der Waals surface area (Å²) < 4.78 is 1.38. The molecule has 2 aromatic heterocycles. The predicted molar refractivity (Wildman–Crippen MR) is 134 cm³/mol. The van der Waals surface area contributed by atoms with Crippen LogP contribution in [0, 0.1) is 22.7 Å². The van der Waals surface area contributed by atoms with Crippen LogP contribution in [0.25, 0.3) is 5.69 Å².